The fourth-order valence-electron chi connectivity index (χ4n) is 4.96. The molecule has 33 heavy (non-hydrogen) atoms. The number of benzene rings is 6. The number of hydrogen-bond donors (Lipinski definition) is 1. The smallest absolute Gasteiger partial charge is 0.103 e. The molecule has 0 fully saturated rings. The minimum absolute atomic E-state index is 0.241. The van der Waals surface area contributed by atoms with Crippen molar-refractivity contribution in [1.82, 2.24) is 0 Å². The molecule has 0 radical (unpaired) electrons. The maximum Gasteiger partial charge on any atom is 0.103 e. The molecule has 2 heteroatoms. The van der Waals surface area contributed by atoms with E-state index in [-0.39, 0.29) is 5.37 Å². The molecule has 1 aliphatic heterocycles. The van der Waals surface area contributed by atoms with Crippen molar-refractivity contribution in [3.05, 3.63) is 121 Å². The average molecular weight is 440 g/mol. The third-order valence-corrected chi connectivity index (χ3v) is 7.95. The van der Waals surface area contributed by atoms with Gasteiger partial charge >= 0.3 is 0 Å². The fraction of sp³-hybridized carbons (Fsp3) is 0.0323. The van der Waals surface area contributed by atoms with Crippen LogP contribution in [0, 0.1) is 0 Å². The molecule has 0 aliphatic carbocycles. The zero-order valence-electron chi connectivity index (χ0n) is 18.0. The molecule has 0 spiro atoms. The van der Waals surface area contributed by atoms with Gasteiger partial charge in [-0.05, 0) is 61.8 Å². The Morgan fingerprint density at radius 2 is 1.21 bits per heavy atom. The minimum atomic E-state index is 0.241. The van der Waals surface area contributed by atoms with Gasteiger partial charge < -0.3 is 5.32 Å². The first-order valence-corrected chi connectivity index (χ1v) is 12.2. The van der Waals surface area contributed by atoms with E-state index in [9.17, 15) is 0 Å². The van der Waals surface area contributed by atoms with Gasteiger partial charge in [0, 0.05) is 16.0 Å². The Kier molecular flexibility index (Phi) is 4.21. The van der Waals surface area contributed by atoms with Crippen molar-refractivity contribution in [2.45, 2.75) is 10.3 Å². The summed E-state index contributed by atoms with van der Waals surface area (Å²) in [6.45, 7) is 0. The Morgan fingerprint density at radius 1 is 0.545 bits per heavy atom. The monoisotopic (exact) mass is 439 g/mol. The van der Waals surface area contributed by atoms with E-state index >= 15 is 0 Å². The van der Waals surface area contributed by atoms with Crippen LogP contribution < -0.4 is 5.32 Å². The van der Waals surface area contributed by atoms with Gasteiger partial charge in [0.1, 0.15) is 5.37 Å². The normalized spacial score (nSPS) is 15.1. The Bertz CT molecular complexity index is 1670. The molecule has 6 aromatic carbocycles. The fourth-order valence-corrected chi connectivity index (χ4v) is 6.28. The van der Waals surface area contributed by atoms with Crippen LogP contribution in [0.3, 0.4) is 0 Å². The summed E-state index contributed by atoms with van der Waals surface area (Å²) in [4.78, 5) is 1.35. The number of rotatable bonds is 2. The molecule has 1 nitrogen and oxygen atoms in total. The molecule has 156 valence electrons. The molecule has 1 heterocycles. The van der Waals surface area contributed by atoms with E-state index in [1.165, 1.54) is 59.6 Å². The van der Waals surface area contributed by atoms with Gasteiger partial charge in [-0.1, -0.05) is 109 Å². The van der Waals surface area contributed by atoms with Crippen molar-refractivity contribution in [3.63, 3.8) is 0 Å². The average Bonchev–Trinajstić information content (AvgIpc) is 3.33. The van der Waals surface area contributed by atoms with E-state index in [0.717, 1.165) is 0 Å². The van der Waals surface area contributed by atoms with Crippen molar-refractivity contribution in [1.29, 1.82) is 0 Å². The lowest BCUT2D eigenvalue weighted by Gasteiger charge is -2.11. The summed E-state index contributed by atoms with van der Waals surface area (Å²) in [7, 11) is 0. The highest BCUT2D eigenvalue weighted by Gasteiger charge is 2.25. The summed E-state index contributed by atoms with van der Waals surface area (Å²) in [5.74, 6) is 0. The van der Waals surface area contributed by atoms with E-state index in [1.807, 2.05) is 11.8 Å². The Morgan fingerprint density at radius 3 is 2.09 bits per heavy atom. The van der Waals surface area contributed by atoms with Gasteiger partial charge in [-0.2, -0.15) is 0 Å². The Hall–Kier alpha value is -3.75. The van der Waals surface area contributed by atoms with Crippen molar-refractivity contribution in [2.24, 2.45) is 0 Å². The number of hydrogen-bond acceptors (Lipinski definition) is 2. The second kappa shape index (κ2) is 7.40. The van der Waals surface area contributed by atoms with Crippen LogP contribution in [0.15, 0.2) is 120 Å². The Balaban J connectivity index is 1.41. The molecule has 0 saturated carbocycles. The summed E-state index contributed by atoms with van der Waals surface area (Å²) < 4.78 is 0. The van der Waals surface area contributed by atoms with Gasteiger partial charge in [0.05, 0.1) is 0 Å². The molecule has 0 saturated heterocycles. The van der Waals surface area contributed by atoms with E-state index < -0.39 is 0 Å². The van der Waals surface area contributed by atoms with Crippen LogP contribution in [0.2, 0.25) is 0 Å². The highest BCUT2D eigenvalue weighted by atomic mass is 32.2. The van der Waals surface area contributed by atoms with Gasteiger partial charge in [0.15, 0.2) is 0 Å². The highest BCUT2D eigenvalue weighted by molar-refractivity contribution is 8.00. The van der Waals surface area contributed by atoms with Crippen LogP contribution in [-0.4, -0.2) is 0 Å². The molecule has 7 rings (SSSR count). The molecule has 0 aromatic heterocycles. The molecule has 6 aromatic rings. The first-order chi connectivity index (χ1) is 16.3. The molecular weight excluding hydrogens is 418 g/mol. The molecule has 0 bridgehead atoms. The number of anilines is 1. The highest BCUT2D eigenvalue weighted by Crippen LogP contribution is 2.51. The maximum absolute atomic E-state index is 3.74. The van der Waals surface area contributed by atoms with E-state index in [2.05, 4.69) is 121 Å². The van der Waals surface area contributed by atoms with Crippen LogP contribution in [0.1, 0.15) is 10.9 Å². The lowest BCUT2D eigenvalue weighted by Crippen LogP contribution is -2.00. The van der Waals surface area contributed by atoms with Gasteiger partial charge in [0.2, 0.25) is 0 Å². The van der Waals surface area contributed by atoms with Crippen molar-refractivity contribution in [3.8, 4) is 11.1 Å². The van der Waals surface area contributed by atoms with Gasteiger partial charge in [-0.15, -0.1) is 0 Å². The topological polar surface area (TPSA) is 12.0 Å². The SMILES string of the molecule is c1ccc(C2Nc3ccc4ccc5ccc(-c6ccc7ccccc7c6)cc5c4c3S2)cc1. The summed E-state index contributed by atoms with van der Waals surface area (Å²) in [6.07, 6.45) is 0. The van der Waals surface area contributed by atoms with Gasteiger partial charge in [0.25, 0.3) is 0 Å². The third-order valence-electron chi connectivity index (χ3n) is 6.66. The largest absolute Gasteiger partial charge is 0.368 e. The molecule has 1 unspecified atom stereocenters. The molecule has 1 atom stereocenters. The van der Waals surface area contributed by atoms with Crippen LogP contribution in [0.25, 0.3) is 43.4 Å². The number of thioether (sulfide) groups is 1. The quantitative estimate of drug-likeness (QED) is 0.270. The predicted octanol–water partition coefficient (Wildman–Crippen LogP) is 9.03. The van der Waals surface area contributed by atoms with E-state index in [1.54, 1.807) is 0 Å². The summed E-state index contributed by atoms with van der Waals surface area (Å²) in [5, 5.41) is 11.8. The van der Waals surface area contributed by atoms with Crippen LogP contribution in [0.4, 0.5) is 5.69 Å². The van der Waals surface area contributed by atoms with Crippen LogP contribution >= 0.6 is 11.8 Å². The number of nitrogens with one attached hydrogen (secondary N) is 1. The Labute approximate surface area is 197 Å². The second-order valence-corrected chi connectivity index (χ2v) is 9.77. The van der Waals surface area contributed by atoms with Crippen LogP contribution in [0.5, 0.6) is 0 Å². The number of fused-ring (bicyclic) bond motifs is 6. The van der Waals surface area contributed by atoms with E-state index in [4.69, 9.17) is 0 Å². The van der Waals surface area contributed by atoms with Crippen LogP contribution in [-0.2, 0) is 0 Å². The molecular formula is C31H21NS. The molecule has 0 amide bonds. The molecule has 1 N–H and O–H groups in total. The lowest BCUT2D eigenvalue weighted by molar-refractivity contribution is 1.14. The molecule has 1 aliphatic rings. The van der Waals surface area contributed by atoms with Crippen molar-refractivity contribution >= 4 is 49.8 Å². The van der Waals surface area contributed by atoms with E-state index in [0.29, 0.717) is 0 Å². The first-order valence-electron chi connectivity index (χ1n) is 11.3. The third kappa shape index (κ3) is 3.10. The predicted molar refractivity (Wildman–Crippen MR) is 143 cm³/mol. The maximum atomic E-state index is 3.74. The second-order valence-electron chi connectivity index (χ2n) is 8.66. The summed E-state index contributed by atoms with van der Waals surface area (Å²) in [5.41, 5.74) is 5.05. The zero-order chi connectivity index (χ0) is 21.8. The van der Waals surface area contributed by atoms with Gasteiger partial charge in [-0.25, -0.2) is 0 Å². The standard InChI is InChI=1S/C31H21NS/c1-2-7-23(8-3-1)31-32-28-17-16-22-13-11-21-12-15-26(19-27(21)29(22)30(28)33-31)25-14-10-20-6-4-5-9-24(20)18-25/h1-19,31-32H. The van der Waals surface area contributed by atoms with Crippen molar-refractivity contribution < 1.29 is 0 Å². The van der Waals surface area contributed by atoms with Gasteiger partial charge in [-0.3, -0.25) is 0 Å². The lowest BCUT2D eigenvalue weighted by atomic mass is 9.95. The first kappa shape index (κ1) is 18.8. The summed E-state index contributed by atoms with van der Waals surface area (Å²) >= 11 is 1.93. The minimum Gasteiger partial charge on any atom is -0.368 e. The van der Waals surface area contributed by atoms with Crippen molar-refractivity contribution in [2.75, 3.05) is 5.32 Å². The zero-order valence-corrected chi connectivity index (χ0v) is 18.8. The summed E-state index contributed by atoms with van der Waals surface area (Å²) in [6, 6.07) is 41.9.